The highest BCUT2D eigenvalue weighted by atomic mass is 79.9. The van der Waals surface area contributed by atoms with Crippen LogP contribution in [0.15, 0.2) is 35.5 Å². The predicted molar refractivity (Wildman–Crippen MR) is 72.4 cm³/mol. The lowest BCUT2D eigenvalue weighted by Gasteiger charge is -2.17. The summed E-state index contributed by atoms with van der Waals surface area (Å²) in [6.45, 7) is 6.97. The fourth-order valence-corrected chi connectivity index (χ4v) is 1.79. The molecule has 2 nitrogen and oxygen atoms in total. The lowest BCUT2D eigenvalue weighted by molar-refractivity contribution is 0.492. The van der Waals surface area contributed by atoms with Crippen LogP contribution < -0.4 is 5.32 Å². The quantitative estimate of drug-likeness (QED) is 0.769. The second kappa shape index (κ2) is 7.58. The van der Waals surface area contributed by atoms with Crippen molar-refractivity contribution in [3.05, 3.63) is 41.2 Å². The molecule has 1 atom stereocenters. The molecule has 0 aliphatic rings. The molecule has 0 fully saturated rings. The number of halogens is 1. The molecule has 0 amide bonds. The van der Waals surface area contributed by atoms with E-state index in [2.05, 4.69) is 45.8 Å². The minimum atomic E-state index is 0.339. The third-order valence-corrected chi connectivity index (χ3v) is 2.88. The first kappa shape index (κ1) is 13.4. The summed E-state index contributed by atoms with van der Waals surface area (Å²) in [7, 11) is 0. The third-order valence-electron chi connectivity index (χ3n) is 2.41. The van der Waals surface area contributed by atoms with Crippen molar-refractivity contribution >= 4 is 15.9 Å². The van der Waals surface area contributed by atoms with Gasteiger partial charge in [-0.25, -0.2) is 0 Å². The Bertz CT molecular complexity index is 308. The van der Waals surface area contributed by atoms with E-state index >= 15 is 0 Å². The van der Waals surface area contributed by atoms with Crippen LogP contribution in [0.2, 0.25) is 0 Å². The van der Waals surface area contributed by atoms with Gasteiger partial charge in [0.25, 0.3) is 0 Å². The average molecular weight is 283 g/mol. The van der Waals surface area contributed by atoms with Crippen molar-refractivity contribution in [2.24, 2.45) is 0 Å². The fourth-order valence-electron chi connectivity index (χ4n) is 1.55. The number of rotatable bonds is 7. The van der Waals surface area contributed by atoms with Crippen LogP contribution in [0.1, 0.15) is 37.9 Å². The Balaban J connectivity index is 2.66. The van der Waals surface area contributed by atoms with Gasteiger partial charge in [0.1, 0.15) is 0 Å². The molecule has 1 aromatic heterocycles. The molecule has 3 heteroatoms. The van der Waals surface area contributed by atoms with Crippen molar-refractivity contribution < 1.29 is 0 Å². The van der Waals surface area contributed by atoms with Crippen LogP contribution in [0.4, 0.5) is 0 Å². The van der Waals surface area contributed by atoms with E-state index in [0.29, 0.717) is 6.04 Å². The van der Waals surface area contributed by atoms with Crippen molar-refractivity contribution in [3.8, 4) is 0 Å². The molecule has 1 unspecified atom stereocenters. The predicted octanol–water partition coefficient (Wildman–Crippen LogP) is 3.85. The van der Waals surface area contributed by atoms with Crippen LogP contribution in [0, 0.1) is 0 Å². The molecule has 1 heterocycles. The average Bonchev–Trinajstić information content (AvgIpc) is 2.31. The number of hydrogen-bond donors (Lipinski definition) is 1. The van der Waals surface area contributed by atoms with Gasteiger partial charge in [-0.3, -0.25) is 4.98 Å². The van der Waals surface area contributed by atoms with E-state index in [1.54, 1.807) is 0 Å². The fraction of sp³-hybridized carbons (Fsp3) is 0.462. The Labute approximate surface area is 106 Å². The van der Waals surface area contributed by atoms with Gasteiger partial charge < -0.3 is 5.32 Å². The van der Waals surface area contributed by atoms with Gasteiger partial charge in [-0.15, -0.1) is 6.58 Å². The highest BCUT2D eigenvalue weighted by Gasteiger charge is 2.10. The maximum Gasteiger partial charge on any atom is 0.0574 e. The normalized spacial score (nSPS) is 12.4. The molecule has 0 spiro atoms. The standard InChI is InChI=1S/C13H19BrN2/c1-3-5-6-12(15-9-4-2)13-8-7-11(14)10-16-13/h3,7-8,10,12,15H,1,4-6,9H2,2H3. The molecule has 0 aromatic carbocycles. The SMILES string of the molecule is C=CCCC(NCCC)c1ccc(Br)cn1. The summed E-state index contributed by atoms with van der Waals surface area (Å²) in [4.78, 5) is 4.44. The molecule has 16 heavy (non-hydrogen) atoms. The van der Waals surface area contributed by atoms with Gasteiger partial charge in [0.15, 0.2) is 0 Å². The zero-order chi connectivity index (χ0) is 11.8. The van der Waals surface area contributed by atoms with Crippen molar-refractivity contribution in [2.75, 3.05) is 6.54 Å². The molecule has 1 N–H and O–H groups in total. The number of pyridine rings is 1. The van der Waals surface area contributed by atoms with Gasteiger partial charge in [-0.05, 0) is 53.9 Å². The molecular weight excluding hydrogens is 264 g/mol. The van der Waals surface area contributed by atoms with E-state index in [0.717, 1.165) is 36.0 Å². The topological polar surface area (TPSA) is 24.9 Å². The molecule has 0 aliphatic heterocycles. The summed E-state index contributed by atoms with van der Waals surface area (Å²) in [6.07, 6.45) is 7.02. The van der Waals surface area contributed by atoms with E-state index in [1.807, 2.05) is 18.3 Å². The number of nitrogens with zero attached hydrogens (tertiary/aromatic N) is 1. The number of hydrogen-bond acceptors (Lipinski definition) is 2. The smallest absolute Gasteiger partial charge is 0.0574 e. The molecule has 0 aliphatic carbocycles. The third kappa shape index (κ3) is 4.45. The lowest BCUT2D eigenvalue weighted by atomic mass is 10.1. The lowest BCUT2D eigenvalue weighted by Crippen LogP contribution is -2.22. The Hall–Kier alpha value is -0.670. The van der Waals surface area contributed by atoms with E-state index in [1.165, 1.54) is 0 Å². The maximum atomic E-state index is 4.44. The zero-order valence-corrected chi connectivity index (χ0v) is 11.3. The molecule has 0 radical (unpaired) electrons. The number of aromatic nitrogens is 1. The first-order valence-corrected chi connectivity index (χ1v) is 6.53. The summed E-state index contributed by atoms with van der Waals surface area (Å²) in [5, 5.41) is 3.51. The minimum Gasteiger partial charge on any atom is -0.309 e. The molecule has 0 bridgehead atoms. The van der Waals surface area contributed by atoms with Gasteiger partial charge in [-0.1, -0.05) is 13.0 Å². The summed E-state index contributed by atoms with van der Waals surface area (Å²) in [6, 6.07) is 4.45. The highest BCUT2D eigenvalue weighted by Crippen LogP contribution is 2.18. The van der Waals surface area contributed by atoms with E-state index in [-0.39, 0.29) is 0 Å². The summed E-state index contributed by atoms with van der Waals surface area (Å²) < 4.78 is 1.02. The first-order valence-electron chi connectivity index (χ1n) is 5.73. The molecular formula is C13H19BrN2. The molecule has 88 valence electrons. The second-order valence-corrected chi connectivity index (χ2v) is 4.69. The Kier molecular flexibility index (Phi) is 6.34. The Morgan fingerprint density at radius 2 is 2.38 bits per heavy atom. The van der Waals surface area contributed by atoms with Crippen LogP contribution >= 0.6 is 15.9 Å². The van der Waals surface area contributed by atoms with Crippen LogP contribution in [0.25, 0.3) is 0 Å². The van der Waals surface area contributed by atoms with Gasteiger partial charge in [0.05, 0.1) is 5.69 Å². The minimum absolute atomic E-state index is 0.339. The Morgan fingerprint density at radius 1 is 1.56 bits per heavy atom. The number of allylic oxidation sites excluding steroid dienone is 1. The van der Waals surface area contributed by atoms with Crippen molar-refractivity contribution in [1.29, 1.82) is 0 Å². The van der Waals surface area contributed by atoms with Crippen molar-refractivity contribution in [2.45, 2.75) is 32.2 Å². The largest absolute Gasteiger partial charge is 0.309 e. The van der Waals surface area contributed by atoms with Crippen LogP contribution in [-0.2, 0) is 0 Å². The van der Waals surface area contributed by atoms with Crippen molar-refractivity contribution in [3.63, 3.8) is 0 Å². The number of nitrogens with one attached hydrogen (secondary N) is 1. The molecule has 0 saturated heterocycles. The maximum absolute atomic E-state index is 4.44. The molecule has 0 saturated carbocycles. The molecule has 1 aromatic rings. The van der Waals surface area contributed by atoms with Gasteiger partial charge in [0, 0.05) is 16.7 Å². The highest BCUT2D eigenvalue weighted by molar-refractivity contribution is 9.10. The molecule has 1 rings (SSSR count). The van der Waals surface area contributed by atoms with Crippen LogP contribution in [0.5, 0.6) is 0 Å². The van der Waals surface area contributed by atoms with Crippen LogP contribution in [0.3, 0.4) is 0 Å². The summed E-state index contributed by atoms with van der Waals surface area (Å²) >= 11 is 3.40. The van der Waals surface area contributed by atoms with E-state index in [9.17, 15) is 0 Å². The Morgan fingerprint density at radius 3 is 2.94 bits per heavy atom. The van der Waals surface area contributed by atoms with Gasteiger partial charge in [-0.2, -0.15) is 0 Å². The van der Waals surface area contributed by atoms with Gasteiger partial charge in [0.2, 0.25) is 0 Å². The van der Waals surface area contributed by atoms with Crippen molar-refractivity contribution in [1.82, 2.24) is 10.3 Å². The zero-order valence-electron chi connectivity index (χ0n) is 9.75. The second-order valence-electron chi connectivity index (χ2n) is 3.77. The first-order chi connectivity index (χ1) is 7.77. The van der Waals surface area contributed by atoms with E-state index in [4.69, 9.17) is 0 Å². The van der Waals surface area contributed by atoms with Crippen LogP contribution in [-0.4, -0.2) is 11.5 Å². The summed E-state index contributed by atoms with van der Waals surface area (Å²) in [5.41, 5.74) is 1.11. The van der Waals surface area contributed by atoms with E-state index < -0.39 is 0 Å². The van der Waals surface area contributed by atoms with Gasteiger partial charge >= 0.3 is 0 Å². The summed E-state index contributed by atoms with van der Waals surface area (Å²) in [5.74, 6) is 0. The monoisotopic (exact) mass is 282 g/mol.